The van der Waals surface area contributed by atoms with Crippen molar-refractivity contribution in [2.75, 3.05) is 18.5 Å². The smallest absolute Gasteiger partial charge is 0.338 e. The summed E-state index contributed by atoms with van der Waals surface area (Å²) in [5.41, 5.74) is 0.934. The number of benzene rings is 2. The SMILES string of the molecule is CCOC(=O)c1cccc(NC(=O)CCOc2ccc(Cl)cc2)c1. The van der Waals surface area contributed by atoms with Crippen LogP contribution in [-0.2, 0) is 9.53 Å². The van der Waals surface area contributed by atoms with Gasteiger partial charge in [-0.25, -0.2) is 4.79 Å². The first-order chi connectivity index (χ1) is 11.6. The molecule has 0 spiro atoms. The van der Waals surface area contributed by atoms with Gasteiger partial charge >= 0.3 is 5.97 Å². The maximum Gasteiger partial charge on any atom is 0.338 e. The molecule has 126 valence electrons. The molecule has 5 nitrogen and oxygen atoms in total. The van der Waals surface area contributed by atoms with Crippen molar-refractivity contribution in [1.29, 1.82) is 0 Å². The summed E-state index contributed by atoms with van der Waals surface area (Å²) in [7, 11) is 0. The Labute approximate surface area is 145 Å². The standard InChI is InChI=1S/C18H18ClNO4/c1-2-23-18(22)13-4-3-5-15(12-13)20-17(21)10-11-24-16-8-6-14(19)7-9-16/h3-9,12H,2,10-11H2,1H3,(H,20,21). The van der Waals surface area contributed by atoms with Crippen molar-refractivity contribution in [3.63, 3.8) is 0 Å². The van der Waals surface area contributed by atoms with E-state index in [9.17, 15) is 9.59 Å². The molecule has 0 fully saturated rings. The van der Waals surface area contributed by atoms with Crippen molar-refractivity contribution >= 4 is 29.2 Å². The zero-order chi connectivity index (χ0) is 17.4. The summed E-state index contributed by atoms with van der Waals surface area (Å²) in [5, 5.41) is 3.35. The fourth-order valence-corrected chi connectivity index (χ4v) is 2.08. The van der Waals surface area contributed by atoms with E-state index in [0.29, 0.717) is 28.6 Å². The van der Waals surface area contributed by atoms with Gasteiger partial charge in [-0.1, -0.05) is 17.7 Å². The molecule has 1 N–H and O–H groups in total. The maximum absolute atomic E-state index is 11.9. The van der Waals surface area contributed by atoms with E-state index < -0.39 is 5.97 Å². The fraction of sp³-hybridized carbons (Fsp3) is 0.222. The molecule has 1 amide bonds. The molecule has 0 saturated heterocycles. The molecule has 24 heavy (non-hydrogen) atoms. The van der Waals surface area contributed by atoms with E-state index in [-0.39, 0.29) is 18.9 Å². The second-order valence-electron chi connectivity index (χ2n) is 4.90. The molecule has 0 aliphatic heterocycles. The minimum atomic E-state index is -0.417. The van der Waals surface area contributed by atoms with Crippen LogP contribution in [0.25, 0.3) is 0 Å². The number of ether oxygens (including phenoxy) is 2. The molecule has 0 aliphatic carbocycles. The van der Waals surface area contributed by atoms with Crippen LogP contribution in [-0.4, -0.2) is 25.1 Å². The molecule has 0 aromatic heterocycles. The van der Waals surface area contributed by atoms with Crippen molar-refractivity contribution in [1.82, 2.24) is 0 Å². The van der Waals surface area contributed by atoms with E-state index in [2.05, 4.69) is 5.32 Å². The fourth-order valence-electron chi connectivity index (χ4n) is 1.95. The topological polar surface area (TPSA) is 64.6 Å². The first kappa shape index (κ1) is 17.8. The van der Waals surface area contributed by atoms with Gasteiger partial charge in [0.2, 0.25) is 5.91 Å². The molecule has 2 aromatic rings. The minimum Gasteiger partial charge on any atom is -0.493 e. The average Bonchev–Trinajstić information content (AvgIpc) is 2.57. The number of nitrogens with one attached hydrogen (secondary N) is 1. The predicted molar refractivity (Wildman–Crippen MR) is 92.6 cm³/mol. The number of rotatable bonds is 7. The summed E-state index contributed by atoms with van der Waals surface area (Å²) < 4.78 is 10.4. The second kappa shape index (κ2) is 8.93. The Hall–Kier alpha value is -2.53. The number of hydrogen-bond acceptors (Lipinski definition) is 4. The van der Waals surface area contributed by atoms with Crippen LogP contribution in [0.3, 0.4) is 0 Å². The first-order valence-corrected chi connectivity index (χ1v) is 7.91. The van der Waals surface area contributed by atoms with Crippen LogP contribution >= 0.6 is 11.6 Å². The molecule has 6 heteroatoms. The third-order valence-electron chi connectivity index (χ3n) is 3.07. The van der Waals surface area contributed by atoms with Gasteiger partial charge in [0.15, 0.2) is 0 Å². The number of halogens is 1. The summed E-state index contributed by atoms with van der Waals surface area (Å²) in [6.45, 7) is 2.28. The minimum absolute atomic E-state index is 0.187. The lowest BCUT2D eigenvalue weighted by atomic mass is 10.2. The Morgan fingerprint density at radius 2 is 1.88 bits per heavy atom. The van der Waals surface area contributed by atoms with Crippen LogP contribution in [0.15, 0.2) is 48.5 Å². The van der Waals surface area contributed by atoms with Crippen LogP contribution in [0.1, 0.15) is 23.7 Å². The lowest BCUT2D eigenvalue weighted by molar-refractivity contribution is -0.116. The quantitative estimate of drug-likeness (QED) is 0.771. The Morgan fingerprint density at radius 1 is 1.12 bits per heavy atom. The summed E-state index contributed by atoms with van der Waals surface area (Å²) in [4.78, 5) is 23.6. The van der Waals surface area contributed by atoms with E-state index in [4.69, 9.17) is 21.1 Å². The molecular formula is C18H18ClNO4. The molecule has 0 unspecified atom stereocenters. The zero-order valence-electron chi connectivity index (χ0n) is 13.3. The molecule has 2 rings (SSSR count). The molecule has 0 heterocycles. The third kappa shape index (κ3) is 5.59. The van der Waals surface area contributed by atoms with Gasteiger partial charge in [0, 0.05) is 10.7 Å². The predicted octanol–water partition coefficient (Wildman–Crippen LogP) is 3.92. The van der Waals surface area contributed by atoms with Gasteiger partial charge in [0.05, 0.1) is 25.2 Å². The summed E-state index contributed by atoms with van der Waals surface area (Å²) in [5.74, 6) is 0.0288. The Balaban J connectivity index is 1.82. The molecule has 0 radical (unpaired) electrons. The first-order valence-electron chi connectivity index (χ1n) is 7.54. The number of carbonyl (C=O) groups is 2. The molecular weight excluding hydrogens is 330 g/mol. The number of hydrogen-bond donors (Lipinski definition) is 1. The summed E-state index contributed by atoms with van der Waals surface area (Å²) in [6, 6.07) is 13.5. The zero-order valence-corrected chi connectivity index (χ0v) is 14.0. The maximum atomic E-state index is 11.9. The van der Waals surface area contributed by atoms with Gasteiger partial charge in [-0.05, 0) is 49.4 Å². The highest BCUT2D eigenvalue weighted by Crippen LogP contribution is 2.16. The summed E-state index contributed by atoms with van der Waals surface area (Å²) in [6.07, 6.45) is 0.187. The van der Waals surface area contributed by atoms with Gasteiger partial charge in [-0.2, -0.15) is 0 Å². The number of anilines is 1. The van der Waals surface area contributed by atoms with E-state index in [1.54, 1.807) is 55.5 Å². The lowest BCUT2D eigenvalue weighted by Crippen LogP contribution is -2.15. The van der Waals surface area contributed by atoms with Gasteiger partial charge in [0.1, 0.15) is 5.75 Å². The number of amides is 1. The molecule has 0 saturated carbocycles. The third-order valence-corrected chi connectivity index (χ3v) is 3.32. The normalized spacial score (nSPS) is 10.1. The van der Waals surface area contributed by atoms with E-state index in [0.717, 1.165) is 0 Å². The van der Waals surface area contributed by atoms with Crippen molar-refractivity contribution < 1.29 is 19.1 Å². The van der Waals surface area contributed by atoms with Crippen LogP contribution in [0.4, 0.5) is 5.69 Å². The Morgan fingerprint density at radius 3 is 2.58 bits per heavy atom. The second-order valence-corrected chi connectivity index (χ2v) is 5.34. The highest BCUT2D eigenvalue weighted by Gasteiger charge is 2.08. The van der Waals surface area contributed by atoms with E-state index in [1.807, 2.05) is 0 Å². The van der Waals surface area contributed by atoms with Crippen LogP contribution < -0.4 is 10.1 Å². The van der Waals surface area contributed by atoms with Crippen LogP contribution in [0, 0.1) is 0 Å². The largest absolute Gasteiger partial charge is 0.493 e. The Bertz CT molecular complexity index is 700. The van der Waals surface area contributed by atoms with E-state index >= 15 is 0 Å². The average molecular weight is 348 g/mol. The van der Waals surface area contributed by atoms with Crippen molar-refractivity contribution in [3.05, 3.63) is 59.1 Å². The van der Waals surface area contributed by atoms with Crippen molar-refractivity contribution in [2.45, 2.75) is 13.3 Å². The van der Waals surface area contributed by atoms with Crippen molar-refractivity contribution in [3.8, 4) is 5.75 Å². The highest BCUT2D eigenvalue weighted by molar-refractivity contribution is 6.30. The van der Waals surface area contributed by atoms with Crippen LogP contribution in [0.2, 0.25) is 5.02 Å². The lowest BCUT2D eigenvalue weighted by Gasteiger charge is -2.08. The van der Waals surface area contributed by atoms with Gasteiger partial charge in [0.25, 0.3) is 0 Å². The van der Waals surface area contributed by atoms with Gasteiger partial charge in [-0.3, -0.25) is 4.79 Å². The van der Waals surface area contributed by atoms with Gasteiger partial charge in [-0.15, -0.1) is 0 Å². The van der Waals surface area contributed by atoms with Crippen LogP contribution in [0.5, 0.6) is 5.75 Å². The number of carbonyl (C=O) groups excluding carboxylic acids is 2. The summed E-state index contributed by atoms with van der Waals surface area (Å²) >= 11 is 5.79. The molecule has 2 aromatic carbocycles. The Kier molecular flexibility index (Phi) is 6.63. The van der Waals surface area contributed by atoms with Gasteiger partial charge < -0.3 is 14.8 Å². The highest BCUT2D eigenvalue weighted by atomic mass is 35.5. The number of esters is 1. The van der Waals surface area contributed by atoms with E-state index in [1.165, 1.54) is 0 Å². The molecule has 0 atom stereocenters. The van der Waals surface area contributed by atoms with Crippen molar-refractivity contribution in [2.24, 2.45) is 0 Å². The molecule has 0 aliphatic rings. The molecule has 0 bridgehead atoms. The monoisotopic (exact) mass is 347 g/mol.